The predicted molar refractivity (Wildman–Crippen MR) is 105 cm³/mol. The first kappa shape index (κ1) is 20.5. The van der Waals surface area contributed by atoms with Gasteiger partial charge >= 0.3 is 5.97 Å². The maximum atomic E-state index is 11.9. The van der Waals surface area contributed by atoms with Gasteiger partial charge in [-0.25, -0.2) is 4.98 Å². The second-order valence-corrected chi connectivity index (χ2v) is 6.29. The molecule has 0 aliphatic heterocycles. The minimum absolute atomic E-state index is 0.0103. The molecule has 3 N–H and O–H groups in total. The number of esters is 1. The van der Waals surface area contributed by atoms with Crippen LogP contribution in [0, 0.1) is 0 Å². The summed E-state index contributed by atoms with van der Waals surface area (Å²) in [5.74, 6) is -0.334. The molecule has 0 fully saturated rings. The third-order valence-electron chi connectivity index (χ3n) is 4.08. The molecule has 0 saturated heterocycles. The van der Waals surface area contributed by atoms with E-state index in [2.05, 4.69) is 15.0 Å². The molecule has 3 rings (SSSR count). The van der Waals surface area contributed by atoms with Crippen LogP contribution < -0.4 is 11.3 Å². The fourth-order valence-electron chi connectivity index (χ4n) is 2.57. The van der Waals surface area contributed by atoms with Crippen LogP contribution >= 0.6 is 0 Å². The molecule has 0 spiro atoms. The quantitative estimate of drug-likeness (QED) is 0.484. The number of nitrogen functional groups attached to an aromatic ring is 1. The molecule has 0 aliphatic carbocycles. The first-order valence-corrected chi connectivity index (χ1v) is 9.16. The zero-order valence-corrected chi connectivity index (χ0v) is 16.0. The molecular weight excluding hydrogens is 378 g/mol. The molecule has 0 aliphatic rings. The average Bonchev–Trinajstić information content (AvgIpc) is 3.13. The fourth-order valence-corrected chi connectivity index (χ4v) is 2.57. The van der Waals surface area contributed by atoms with Gasteiger partial charge in [-0.3, -0.25) is 19.1 Å². The Bertz CT molecular complexity index is 1000. The number of fused-ring (bicyclic) bond motifs is 1. The molecule has 2 heterocycles. The normalized spacial score (nSPS) is 12.2. The van der Waals surface area contributed by atoms with Crippen LogP contribution in [-0.2, 0) is 32.3 Å². The van der Waals surface area contributed by atoms with Crippen molar-refractivity contribution in [3.63, 3.8) is 0 Å². The summed E-state index contributed by atoms with van der Waals surface area (Å²) in [6.45, 7) is 2.42. The van der Waals surface area contributed by atoms with Crippen molar-refractivity contribution in [2.45, 2.75) is 32.8 Å². The van der Waals surface area contributed by atoms with E-state index in [1.807, 2.05) is 30.3 Å². The van der Waals surface area contributed by atoms with Gasteiger partial charge in [-0.15, -0.1) is 0 Å². The molecule has 1 atom stereocenters. The van der Waals surface area contributed by atoms with Crippen molar-refractivity contribution in [2.75, 3.05) is 18.9 Å². The highest BCUT2D eigenvalue weighted by Gasteiger charge is 2.15. The number of nitrogens with two attached hydrogens (primary N) is 1. The standard InChI is InChI=1S/C19H23N5O5/c1-2-15(25)28-10-14(9-27-8-13-6-4-3-5-7-13)29-12-24-11-21-16-17(24)22-19(20)23-18(16)26/h3-7,11,14H,2,8-10,12H2,1H3,(H3,20,22,23,26). The number of rotatable bonds is 10. The highest BCUT2D eigenvalue weighted by Crippen LogP contribution is 2.09. The molecule has 10 nitrogen and oxygen atoms in total. The van der Waals surface area contributed by atoms with Crippen molar-refractivity contribution in [3.8, 4) is 0 Å². The minimum Gasteiger partial charge on any atom is -0.463 e. The maximum Gasteiger partial charge on any atom is 0.305 e. The van der Waals surface area contributed by atoms with Crippen molar-refractivity contribution < 1.29 is 19.0 Å². The van der Waals surface area contributed by atoms with E-state index in [0.29, 0.717) is 12.3 Å². The minimum atomic E-state index is -0.508. The summed E-state index contributed by atoms with van der Waals surface area (Å²) < 4.78 is 18.3. The van der Waals surface area contributed by atoms with E-state index in [1.165, 1.54) is 6.33 Å². The average molecular weight is 401 g/mol. The van der Waals surface area contributed by atoms with Gasteiger partial charge in [0.2, 0.25) is 5.95 Å². The molecule has 1 aromatic carbocycles. The monoisotopic (exact) mass is 401 g/mol. The second kappa shape index (κ2) is 9.80. The largest absolute Gasteiger partial charge is 0.463 e. The lowest BCUT2D eigenvalue weighted by atomic mass is 10.2. The Morgan fingerprint density at radius 3 is 2.83 bits per heavy atom. The number of aromatic amines is 1. The Kier molecular flexibility index (Phi) is 6.93. The number of nitrogens with zero attached hydrogens (tertiary/aromatic N) is 3. The Balaban J connectivity index is 1.62. The Labute approximate surface area is 166 Å². The van der Waals surface area contributed by atoms with Crippen LogP contribution in [0.1, 0.15) is 18.9 Å². The molecule has 2 aromatic heterocycles. The van der Waals surface area contributed by atoms with E-state index >= 15 is 0 Å². The van der Waals surface area contributed by atoms with Crippen LogP contribution in [0.15, 0.2) is 41.5 Å². The Morgan fingerprint density at radius 2 is 2.07 bits per heavy atom. The first-order valence-electron chi connectivity index (χ1n) is 9.16. The van der Waals surface area contributed by atoms with Crippen LogP contribution in [0.3, 0.4) is 0 Å². The number of ether oxygens (including phenoxy) is 3. The van der Waals surface area contributed by atoms with Gasteiger partial charge in [0.05, 0.1) is 19.5 Å². The first-order chi connectivity index (χ1) is 14.1. The topological polar surface area (TPSA) is 134 Å². The summed E-state index contributed by atoms with van der Waals surface area (Å²) in [6, 6.07) is 9.71. The molecule has 154 valence electrons. The van der Waals surface area contributed by atoms with Crippen LogP contribution in [0.5, 0.6) is 0 Å². The van der Waals surface area contributed by atoms with Gasteiger partial charge in [-0.2, -0.15) is 4.98 Å². The number of benzene rings is 1. The molecule has 0 radical (unpaired) electrons. The Morgan fingerprint density at radius 1 is 1.28 bits per heavy atom. The van der Waals surface area contributed by atoms with Crippen molar-refractivity contribution in [2.24, 2.45) is 0 Å². The van der Waals surface area contributed by atoms with Crippen molar-refractivity contribution >= 4 is 23.1 Å². The van der Waals surface area contributed by atoms with Crippen LogP contribution in [0.4, 0.5) is 5.95 Å². The summed E-state index contributed by atoms with van der Waals surface area (Å²) in [7, 11) is 0. The van der Waals surface area contributed by atoms with E-state index in [0.717, 1.165) is 5.56 Å². The SMILES string of the molecule is CCC(=O)OCC(COCc1ccccc1)OCn1cnc2c(=O)[nH]c(N)nc21. The maximum absolute atomic E-state index is 11.9. The van der Waals surface area contributed by atoms with Gasteiger partial charge in [0.15, 0.2) is 11.2 Å². The molecule has 0 saturated carbocycles. The lowest BCUT2D eigenvalue weighted by molar-refractivity contribution is -0.151. The van der Waals surface area contributed by atoms with Gasteiger partial charge in [-0.05, 0) is 5.56 Å². The summed E-state index contributed by atoms with van der Waals surface area (Å²) in [5.41, 5.74) is 6.67. The molecule has 0 bridgehead atoms. The third kappa shape index (κ3) is 5.62. The molecule has 3 aromatic rings. The third-order valence-corrected chi connectivity index (χ3v) is 4.08. The molecule has 10 heteroatoms. The van der Waals surface area contributed by atoms with Gasteiger partial charge < -0.3 is 19.9 Å². The van der Waals surface area contributed by atoms with Crippen LogP contribution in [0.2, 0.25) is 0 Å². The number of nitrogens with one attached hydrogen (secondary N) is 1. The number of carbonyl (C=O) groups excluding carboxylic acids is 1. The number of aromatic nitrogens is 4. The van der Waals surface area contributed by atoms with Crippen molar-refractivity contribution in [1.82, 2.24) is 19.5 Å². The fraction of sp³-hybridized carbons (Fsp3) is 0.368. The molecule has 29 heavy (non-hydrogen) atoms. The van der Waals surface area contributed by atoms with Crippen LogP contribution in [0.25, 0.3) is 11.2 Å². The number of hydrogen-bond acceptors (Lipinski definition) is 8. The summed E-state index contributed by atoms with van der Waals surface area (Å²) in [6.07, 6.45) is 1.20. The van der Waals surface area contributed by atoms with E-state index in [-0.39, 0.29) is 43.8 Å². The number of H-pyrrole nitrogens is 1. The second-order valence-electron chi connectivity index (χ2n) is 6.29. The summed E-state index contributed by atoms with van der Waals surface area (Å²) in [5, 5.41) is 0. The highest BCUT2D eigenvalue weighted by atomic mass is 16.6. The van der Waals surface area contributed by atoms with E-state index < -0.39 is 11.7 Å². The summed E-state index contributed by atoms with van der Waals surface area (Å²) in [4.78, 5) is 33.9. The van der Waals surface area contributed by atoms with Crippen LogP contribution in [-0.4, -0.2) is 44.8 Å². The van der Waals surface area contributed by atoms with Crippen molar-refractivity contribution in [3.05, 3.63) is 52.6 Å². The van der Waals surface area contributed by atoms with Gasteiger partial charge in [-0.1, -0.05) is 37.3 Å². The predicted octanol–water partition coefficient (Wildman–Crippen LogP) is 1.21. The van der Waals surface area contributed by atoms with Gasteiger partial charge in [0, 0.05) is 6.42 Å². The Hall–Kier alpha value is -3.24. The number of hydrogen-bond donors (Lipinski definition) is 2. The number of imidazole rings is 1. The number of carbonyl (C=O) groups is 1. The highest BCUT2D eigenvalue weighted by molar-refractivity contribution is 5.70. The zero-order chi connectivity index (χ0) is 20.6. The van der Waals surface area contributed by atoms with Gasteiger partial charge in [0.1, 0.15) is 19.4 Å². The number of anilines is 1. The van der Waals surface area contributed by atoms with E-state index in [9.17, 15) is 9.59 Å². The smallest absolute Gasteiger partial charge is 0.305 e. The zero-order valence-electron chi connectivity index (χ0n) is 16.0. The lowest BCUT2D eigenvalue weighted by Gasteiger charge is -2.18. The lowest BCUT2D eigenvalue weighted by Crippen LogP contribution is -2.28. The summed E-state index contributed by atoms with van der Waals surface area (Å²) >= 11 is 0. The molecule has 1 unspecified atom stereocenters. The molecule has 0 amide bonds. The van der Waals surface area contributed by atoms with Gasteiger partial charge in [0.25, 0.3) is 5.56 Å². The van der Waals surface area contributed by atoms with Crippen molar-refractivity contribution in [1.29, 1.82) is 0 Å². The van der Waals surface area contributed by atoms with E-state index in [4.69, 9.17) is 19.9 Å². The molecular formula is C19H23N5O5. The van der Waals surface area contributed by atoms with E-state index in [1.54, 1.807) is 11.5 Å².